The van der Waals surface area contributed by atoms with E-state index in [9.17, 15) is 4.39 Å². The summed E-state index contributed by atoms with van der Waals surface area (Å²) in [6, 6.07) is 7.59. The van der Waals surface area contributed by atoms with Gasteiger partial charge in [0.1, 0.15) is 5.82 Å². The fourth-order valence-electron chi connectivity index (χ4n) is 1.91. The molecule has 0 atom stereocenters. The number of hydrogen-bond acceptors (Lipinski definition) is 2. The smallest absolute Gasteiger partial charge is 0.128 e. The predicted octanol–water partition coefficient (Wildman–Crippen LogP) is 2.88. The number of hydrogen-bond donors (Lipinski definition) is 1. The number of nitrogens with one attached hydrogen (secondary N) is 1. The molecule has 1 heterocycles. The summed E-state index contributed by atoms with van der Waals surface area (Å²) >= 11 is 0. The molecule has 1 N–H and O–H groups in total. The Balaban J connectivity index is 2.12. The Morgan fingerprint density at radius 3 is 2.74 bits per heavy atom. The van der Waals surface area contributed by atoms with Crippen LogP contribution in [-0.4, -0.2) is 15.8 Å². The van der Waals surface area contributed by atoms with Crippen molar-refractivity contribution < 1.29 is 4.39 Å². The van der Waals surface area contributed by atoms with Crippen LogP contribution in [-0.2, 0) is 13.1 Å². The largest absolute Gasteiger partial charge is 0.310 e. The summed E-state index contributed by atoms with van der Waals surface area (Å²) in [4.78, 5) is 0. The van der Waals surface area contributed by atoms with E-state index in [0.29, 0.717) is 18.2 Å². The number of halogens is 1. The third-order valence-corrected chi connectivity index (χ3v) is 2.93. The molecule has 2 aromatic rings. The zero-order valence-corrected chi connectivity index (χ0v) is 11.7. The first-order valence-electron chi connectivity index (χ1n) is 6.55. The molecule has 0 radical (unpaired) electrons. The molecule has 2 rings (SSSR count). The van der Waals surface area contributed by atoms with E-state index in [1.165, 1.54) is 6.07 Å². The summed E-state index contributed by atoms with van der Waals surface area (Å²) in [6.07, 6.45) is 1.87. The summed E-state index contributed by atoms with van der Waals surface area (Å²) in [5.41, 5.74) is 2.71. The van der Waals surface area contributed by atoms with E-state index < -0.39 is 0 Å². The topological polar surface area (TPSA) is 29.9 Å². The minimum absolute atomic E-state index is 0.179. The Morgan fingerprint density at radius 1 is 1.32 bits per heavy atom. The molecule has 102 valence electrons. The van der Waals surface area contributed by atoms with E-state index >= 15 is 0 Å². The van der Waals surface area contributed by atoms with Crippen LogP contribution in [0.1, 0.15) is 30.7 Å². The van der Waals surface area contributed by atoms with Crippen LogP contribution in [0.2, 0.25) is 0 Å². The Bertz CT molecular complexity index is 546. The first kappa shape index (κ1) is 13.7. The van der Waals surface area contributed by atoms with Gasteiger partial charge >= 0.3 is 0 Å². The molecular weight excluding hydrogens is 241 g/mol. The number of aryl methyl sites for hydroxylation is 1. The Labute approximate surface area is 113 Å². The standard InChI is InChI=1S/C15H20FN3/c1-11(2)17-9-13-4-5-15(16)14(8-13)10-19-7-6-12(3)18-19/h4-8,11,17H,9-10H2,1-3H3. The van der Waals surface area contributed by atoms with Gasteiger partial charge in [-0.2, -0.15) is 5.10 Å². The van der Waals surface area contributed by atoms with Gasteiger partial charge in [-0.15, -0.1) is 0 Å². The third-order valence-electron chi connectivity index (χ3n) is 2.93. The van der Waals surface area contributed by atoms with Crippen molar-refractivity contribution in [2.45, 2.75) is 39.9 Å². The van der Waals surface area contributed by atoms with Crippen LogP contribution in [0.3, 0.4) is 0 Å². The van der Waals surface area contributed by atoms with Crippen LogP contribution in [0, 0.1) is 12.7 Å². The molecule has 0 unspecified atom stereocenters. The number of rotatable bonds is 5. The average Bonchev–Trinajstić information content (AvgIpc) is 2.76. The number of benzene rings is 1. The monoisotopic (exact) mass is 261 g/mol. The van der Waals surface area contributed by atoms with Gasteiger partial charge < -0.3 is 5.32 Å². The average molecular weight is 261 g/mol. The lowest BCUT2D eigenvalue weighted by Gasteiger charge is -2.10. The van der Waals surface area contributed by atoms with E-state index in [2.05, 4.69) is 24.3 Å². The summed E-state index contributed by atoms with van der Waals surface area (Å²) < 4.78 is 15.6. The summed E-state index contributed by atoms with van der Waals surface area (Å²) in [6.45, 7) is 7.34. The van der Waals surface area contributed by atoms with Gasteiger partial charge in [-0.3, -0.25) is 4.68 Å². The zero-order chi connectivity index (χ0) is 13.8. The second kappa shape index (κ2) is 5.97. The van der Waals surface area contributed by atoms with Crippen molar-refractivity contribution in [2.75, 3.05) is 0 Å². The molecule has 0 saturated carbocycles. The van der Waals surface area contributed by atoms with Crippen LogP contribution >= 0.6 is 0 Å². The molecule has 0 bridgehead atoms. The molecule has 0 aliphatic carbocycles. The van der Waals surface area contributed by atoms with Gasteiger partial charge in [0.05, 0.1) is 12.2 Å². The maximum atomic E-state index is 13.8. The van der Waals surface area contributed by atoms with Gasteiger partial charge in [0.2, 0.25) is 0 Å². The van der Waals surface area contributed by atoms with Gasteiger partial charge in [0.25, 0.3) is 0 Å². The Hall–Kier alpha value is -1.68. The van der Waals surface area contributed by atoms with Gasteiger partial charge in [-0.1, -0.05) is 19.9 Å². The van der Waals surface area contributed by atoms with Crippen molar-refractivity contribution in [3.8, 4) is 0 Å². The highest BCUT2D eigenvalue weighted by Crippen LogP contribution is 2.12. The molecule has 0 fully saturated rings. The van der Waals surface area contributed by atoms with Gasteiger partial charge in [0.15, 0.2) is 0 Å². The van der Waals surface area contributed by atoms with Crippen molar-refractivity contribution in [1.29, 1.82) is 0 Å². The van der Waals surface area contributed by atoms with Crippen LogP contribution < -0.4 is 5.32 Å². The Kier molecular flexibility index (Phi) is 4.32. The quantitative estimate of drug-likeness (QED) is 0.897. The summed E-state index contributed by atoms with van der Waals surface area (Å²) in [5, 5.41) is 7.62. The maximum absolute atomic E-state index is 13.8. The van der Waals surface area contributed by atoms with Crippen molar-refractivity contribution in [3.63, 3.8) is 0 Å². The Morgan fingerprint density at radius 2 is 2.11 bits per heavy atom. The van der Waals surface area contributed by atoms with Crippen molar-refractivity contribution in [1.82, 2.24) is 15.1 Å². The van der Waals surface area contributed by atoms with Gasteiger partial charge in [-0.05, 0) is 30.7 Å². The molecular formula is C15H20FN3. The third kappa shape index (κ3) is 3.89. The lowest BCUT2D eigenvalue weighted by atomic mass is 10.1. The second-order valence-corrected chi connectivity index (χ2v) is 5.12. The normalized spacial score (nSPS) is 11.2. The van der Waals surface area contributed by atoms with Crippen LogP contribution in [0.15, 0.2) is 30.5 Å². The molecule has 0 aliphatic heterocycles. The van der Waals surface area contributed by atoms with Gasteiger partial charge in [-0.25, -0.2) is 4.39 Å². The highest BCUT2D eigenvalue weighted by Gasteiger charge is 2.06. The number of nitrogens with zero attached hydrogens (tertiary/aromatic N) is 2. The lowest BCUT2D eigenvalue weighted by molar-refractivity contribution is 0.572. The maximum Gasteiger partial charge on any atom is 0.128 e. The fourth-order valence-corrected chi connectivity index (χ4v) is 1.91. The molecule has 0 saturated heterocycles. The van der Waals surface area contributed by atoms with E-state index in [1.807, 2.05) is 31.3 Å². The molecule has 3 nitrogen and oxygen atoms in total. The minimum Gasteiger partial charge on any atom is -0.310 e. The molecule has 0 aliphatic rings. The minimum atomic E-state index is -0.179. The van der Waals surface area contributed by atoms with Crippen LogP contribution in [0.25, 0.3) is 0 Å². The molecule has 19 heavy (non-hydrogen) atoms. The highest BCUT2D eigenvalue weighted by atomic mass is 19.1. The van der Waals surface area contributed by atoms with Crippen LogP contribution in [0.5, 0.6) is 0 Å². The molecule has 0 spiro atoms. The molecule has 4 heteroatoms. The van der Waals surface area contributed by atoms with Crippen molar-refractivity contribution in [3.05, 3.63) is 53.1 Å². The zero-order valence-electron chi connectivity index (χ0n) is 11.7. The van der Waals surface area contributed by atoms with Gasteiger partial charge in [0, 0.05) is 24.3 Å². The molecule has 1 aromatic heterocycles. The van der Waals surface area contributed by atoms with Crippen LogP contribution in [0.4, 0.5) is 4.39 Å². The number of aromatic nitrogens is 2. The van der Waals surface area contributed by atoms with E-state index in [0.717, 1.165) is 17.8 Å². The second-order valence-electron chi connectivity index (χ2n) is 5.12. The SMILES string of the molecule is Cc1ccn(Cc2cc(CNC(C)C)ccc2F)n1. The van der Waals surface area contributed by atoms with Crippen molar-refractivity contribution in [2.24, 2.45) is 0 Å². The van der Waals surface area contributed by atoms with E-state index in [-0.39, 0.29) is 5.82 Å². The predicted molar refractivity (Wildman–Crippen MR) is 74.4 cm³/mol. The first-order chi connectivity index (χ1) is 9.04. The first-order valence-corrected chi connectivity index (χ1v) is 6.55. The van der Waals surface area contributed by atoms with E-state index in [1.54, 1.807) is 4.68 Å². The van der Waals surface area contributed by atoms with Crippen molar-refractivity contribution >= 4 is 0 Å². The van der Waals surface area contributed by atoms with E-state index in [4.69, 9.17) is 0 Å². The lowest BCUT2D eigenvalue weighted by Crippen LogP contribution is -2.22. The summed E-state index contributed by atoms with van der Waals surface area (Å²) in [5.74, 6) is -0.179. The fraction of sp³-hybridized carbons (Fsp3) is 0.400. The molecule has 1 aromatic carbocycles. The summed E-state index contributed by atoms with van der Waals surface area (Å²) in [7, 11) is 0. The highest BCUT2D eigenvalue weighted by molar-refractivity contribution is 5.25. The molecule has 0 amide bonds.